The Morgan fingerprint density at radius 1 is 1.04 bits per heavy atom. The van der Waals surface area contributed by atoms with Gasteiger partial charge < -0.3 is 10.6 Å². The van der Waals surface area contributed by atoms with Gasteiger partial charge >= 0.3 is 0 Å². The number of aromatic nitrogens is 2. The van der Waals surface area contributed by atoms with Crippen LogP contribution in [0.5, 0.6) is 0 Å². The van der Waals surface area contributed by atoms with Crippen LogP contribution in [0.25, 0.3) is 0 Å². The van der Waals surface area contributed by atoms with Gasteiger partial charge in [-0.15, -0.1) is 0 Å². The molecule has 0 aliphatic rings. The van der Waals surface area contributed by atoms with Crippen LogP contribution in [0.15, 0.2) is 24.3 Å². The minimum atomic E-state index is -0.0896. The molecule has 1 aromatic heterocycles. The number of hydrogen-bond donors (Lipinski definition) is 2. The zero-order valence-electron chi connectivity index (χ0n) is 16.0. The van der Waals surface area contributed by atoms with Crippen molar-refractivity contribution in [3.63, 3.8) is 0 Å². The third-order valence-corrected chi connectivity index (χ3v) is 4.05. The molecule has 5 nitrogen and oxygen atoms in total. The van der Waals surface area contributed by atoms with E-state index in [-0.39, 0.29) is 18.4 Å². The standard InChI is InChI=1S/C20H28N4O/c1-12(2)16-10-17(23-20(22-16)13(3)4)21-11-18(25)24-19-14(5)8-7-9-15(19)6/h7-10,12-13H,11H2,1-6H3,(H,24,25)(H,21,22,23). The third kappa shape index (κ3) is 5.02. The Kier molecular flexibility index (Phi) is 6.12. The van der Waals surface area contributed by atoms with Gasteiger partial charge in [0.05, 0.1) is 6.54 Å². The summed E-state index contributed by atoms with van der Waals surface area (Å²) in [6.07, 6.45) is 0. The molecule has 2 aromatic rings. The molecule has 0 spiro atoms. The number of aryl methyl sites for hydroxylation is 2. The Morgan fingerprint density at radius 3 is 2.24 bits per heavy atom. The van der Waals surface area contributed by atoms with Crippen molar-refractivity contribution >= 4 is 17.4 Å². The molecule has 1 amide bonds. The van der Waals surface area contributed by atoms with Crippen molar-refractivity contribution in [2.75, 3.05) is 17.2 Å². The van der Waals surface area contributed by atoms with Crippen molar-refractivity contribution in [2.45, 2.75) is 53.4 Å². The van der Waals surface area contributed by atoms with Gasteiger partial charge in [-0.05, 0) is 30.9 Å². The lowest BCUT2D eigenvalue weighted by Crippen LogP contribution is -2.23. The number of carbonyl (C=O) groups excluding carboxylic acids is 1. The molecule has 0 aliphatic heterocycles. The molecule has 0 bridgehead atoms. The highest BCUT2D eigenvalue weighted by Gasteiger charge is 2.12. The summed E-state index contributed by atoms with van der Waals surface area (Å²) in [4.78, 5) is 21.4. The van der Waals surface area contributed by atoms with E-state index in [9.17, 15) is 4.79 Å². The molecule has 2 rings (SSSR count). The van der Waals surface area contributed by atoms with E-state index in [0.717, 1.165) is 28.3 Å². The van der Waals surface area contributed by atoms with Crippen LogP contribution in [0, 0.1) is 13.8 Å². The summed E-state index contributed by atoms with van der Waals surface area (Å²) >= 11 is 0. The van der Waals surface area contributed by atoms with Gasteiger partial charge in [-0.3, -0.25) is 4.79 Å². The van der Waals surface area contributed by atoms with E-state index in [1.165, 1.54) is 0 Å². The number of benzene rings is 1. The average Bonchev–Trinajstić information content (AvgIpc) is 2.56. The molecule has 134 valence electrons. The van der Waals surface area contributed by atoms with E-state index >= 15 is 0 Å². The number of para-hydroxylation sites is 1. The van der Waals surface area contributed by atoms with Crippen molar-refractivity contribution in [2.24, 2.45) is 0 Å². The monoisotopic (exact) mass is 340 g/mol. The fraction of sp³-hybridized carbons (Fsp3) is 0.450. The minimum Gasteiger partial charge on any atom is -0.361 e. The van der Waals surface area contributed by atoms with Gasteiger partial charge in [-0.2, -0.15) is 0 Å². The SMILES string of the molecule is Cc1cccc(C)c1NC(=O)CNc1cc(C(C)C)nc(C(C)C)n1. The van der Waals surface area contributed by atoms with E-state index < -0.39 is 0 Å². The Labute approximate surface area is 150 Å². The van der Waals surface area contributed by atoms with Gasteiger partial charge in [-0.25, -0.2) is 9.97 Å². The first-order chi connectivity index (χ1) is 11.8. The van der Waals surface area contributed by atoms with Crippen molar-refractivity contribution in [1.29, 1.82) is 0 Å². The highest BCUT2D eigenvalue weighted by Crippen LogP contribution is 2.20. The number of carbonyl (C=O) groups is 1. The largest absolute Gasteiger partial charge is 0.361 e. The Balaban J connectivity index is 2.09. The maximum Gasteiger partial charge on any atom is 0.243 e. The van der Waals surface area contributed by atoms with E-state index in [1.807, 2.05) is 38.1 Å². The summed E-state index contributed by atoms with van der Waals surface area (Å²) in [6.45, 7) is 12.5. The van der Waals surface area contributed by atoms with Gasteiger partial charge in [0.1, 0.15) is 11.6 Å². The second-order valence-corrected chi connectivity index (χ2v) is 7.01. The summed E-state index contributed by atoms with van der Waals surface area (Å²) in [5.74, 6) is 1.95. The number of anilines is 2. The first kappa shape index (κ1) is 18.9. The predicted octanol–water partition coefficient (Wildman–Crippen LogP) is 4.39. The topological polar surface area (TPSA) is 66.9 Å². The first-order valence-electron chi connectivity index (χ1n) is 8.76. The molecule has 0 unspecified atom stereocenters. The molecule has 25 heavy (non-hydrogen) atoms. The third-order valence-electron chi connectivity index (χ3n) is 4.05. The van der Waals surface area contributed by atoms with Gasteiger partial charge in [0.15, 0.2) is 0 Å². The quantitative estimate of drug-likeness (QED) is 0.818. The molecule has 0 saturated heterocycles. The normalized spacial score (nSPS) is 11.0. The van der Waals surface area contributed by atoms with Crippen molar-refractivity contribution < 1.29 is 4.79 Å². The first-order valence-corrected chi connectivity index (χ1v) is 8.76. The van der Waals surface area contributed by atoms with E-state index in [4.69, 9.17) is 0 Å². The molecule has 0 atom stereocenters. The Hall–Kier alpha value is -2.43. The second kappa shape index (κ2) is 8.10. The number of amides is 1. The van der Waals surface area contributed by atoms with Crippen LogP contribution in [0.3, 0.4) is 0 Å². The van der Waals surface area contributed by atoms with Gasteiger partial charge in [0.2, 0.25) is 5.91 Å². The van der Waals surface area contributed by atoms with Gasteiger partial charge in [0.25, 0.3) is 0 Å². The van der Waals surface area contributed by atoms with Crippen LogP contribution in [0.1, 0.15) is 62.2 Å². The summed E-state index contributed by atoms with van der Waals surface area (Å²) in [6, 6.07) is 7.89. The lowest BCUT2D eigenvalue weighted by molar-refractivity contribution is -0.114. The maximum atomic E-state index is 12.3. The average molecular weight is 340 g/mol. The smallest absolute Gasteiger partial charge is 0.243 e. The van der Waals surface area contributed by atoms with Crippen LogP contribution in [-0.4, -0.2) is 22.4 Å². The highest BCUT2D eigenvalue weighted by atomic mass is 16.1. The number of nitrogens with zero attached hydrogens (tertiary/aromatic N) is 2. The molecule has 1 aromatic carbocycles. The molecule has 0 radical (unpaired) electrons. The van der Waals surface area contributed by atoms with E-state index in [0.29, 0.717) is 11.7 Å². The van der Waals surface area contributed by atoms with Crippen molar-refractivity contribution in [3.05, 3.63) is 46.9 Å². The zero-order chi connectivity index (χ0) is 18.6. The minimum absolute atomic E-state index is 0.0896. The fourth-order valence-electron chi connectivity index (χ4n) is 2.50. The van der Waals surface area contributed by atoms with Crippen LogP contribution in [0.2, 0.25) is 0 Å². The lowest BCUT2D eigenvalue weighted by atomic mass is 10.1. The molecule has 2 N–H and O–H groups in total. The molecular formula is C20H28N4O. The number of rotatable bonds is 6. The summed E-state index contributed by atoms with van der Waals surface area (Å²) < 4.78 is 0. The Bertz CT molecular complexity index is 707. The molecule has 1 heterocycles. The van der Waals surface area contributed by atoms with E-state index in [2.05, 4.69) is 48.3 Å². The predicted molar refractivity (Wildman–Crippen MR) is 103 cm³/mol. The Morgan fingerprint density at radius 2 is 1.68 bits per heavy atom. The molecule has 0 fully saturated rings. The summed E-state index contributed by atoms with van der Waals surface area (Å²) in [5.41, 5.74) is 3.97. The molecule has 5 heteroatoms. The second-order valence-electron chi connectivity index (χ2n) is 7.01. The van der Waals surface area contributed by atoms with Crippen molar-refractivity contribution in [3.8, 4) is 0 Å². The summed E-state index contributed by atoms with van der Waals surface area (Å²) in [5, 5.41) is 6.11. The van der Waals surface area contributed by atoms with Crippen LogP contribution >= 0.6 is 0 Å². The van der Waals surface area contributed by atoms with Gasteiger partial charge in [-0.1, -0.05) is 45.9 Å². The van der Waals surface area contributed by atoms with Crippen molar-refractivity contribution in [1.82, 2.24) is 9.97 Å². The van der Waals surface area contributed by atoms with Gasteiger partial charge in [0, 0.05) is 23.4 Å². The molecule has 0 aliphatic carbocycles. The number of nitrogens with one attached hydrogen (secondary N) is 2. The number of hydrogen-bond acceptors (Lipinski definition) is 4. The molecular weight excluding hydrogens is 312 g/mol. The zero-order valence-corrected chi connectivity index (χ0v) is 16.0. The lowest BCUT2D eigenvalue weighted by Gasteiger charge is -2.14. The fourth-order valence-corrected chi connectivity index (χ4v) is 2.50. The van der Waals surface area contributed by atoms with Crippen LogP contribution in [-0.2, 0) is 4.79 Å². The highest BCUT2D eigenvalue weighted by molar-refractivity contribution is 5.95. The van der Waals surface area contributed by atoms with E-state index in [1.54, 1.807) is 0 Å². The summed E-state index contributed by atoms with van der Waals surface area (Å²) in [7, 11) is 0. The molecule has 0 saturated carbocycles. The van der Waals surface area contributed by atoms with Crippen LogP contribution in [0.4, 0.5) is 11.5 Å². The maximum absolute atomic E-state index is 12.3. The van der Waals surface area contributed by atoms with Crippen LogP contribution < -0.4 is 10.6 Å².